The van der Waals surface area contributed by atoms with E-state index in [0.717, 1.165) is 36.1 Å². The average Bonchev–Trinajstić information content (AvgIpc) is 2.38. The maximum Gasteiger partial charge on any atom is 0.344 e. The van der Waals surface area contributed by atoms with E-state index in [9.17, 15) is 4.79 Å². The molecule has 1 aromatic rings. The molecule has 112 valence electrons. The van der Waals surface area contributed by atoms with Crippen molar-refractivity contribution in [1.82, 2.24) is 0 Å². The zero-order chi connectivity index (χ0) is 15.0. The van der Waals surface area contributed by atoms with Gasteiger partial charge in [-0.25, -0.2) is 4.79 Å². The number of carbonyl (C=O) groups is 1. The van der Waals surface area contributed by atoms with Crippen molar-refractivity contribution in [2.24, 2.45) is 5.73 Å². The fourth-order valence-corrected chi connectivity index (χ4v) is 2.08. The molecule has 0 aliphatic heterocycles. The minimum absolute atomic E-state index is 0.0400. The number of hydrogen-bond donors (Lipinski definition) is 1. The lowest BCUT2D eigenvalue weighted by Gasteiger charge is -2.13. The minimum Gasteiger partial charge on any atom is -0.481 e. The molecule has 0 saturated heterocycles. The van der Waals surface area contributed by atoms with Crippen molar-refractivity contribution in [3.05, 3.63) is 28.8 Å². The van der Waals surface area contributed by atoms with E-state index < -0.39 is 0 Å². The van der Waals surface area contributed by atoms with Gasteiger partial charge >= 0.3 is 5.97 Å². The first-order chi connectivity index (χ1) is 9.58. The summed E-state index contributed by atoms with van der Waals surface area (Å²) in [6.45, 7) is 7.06. The van der Waals surface area contributed by atoms with Crippen molar-refractivity contribution in [3.63, 3.8) is 0 Å². The lowest BCUT2D eigenvalue weighted by molar-refractivity contribution is -0.146. The number of nitrogens with two attached hydrogens (primary N) is 1. The molecule has 0 saturated carbocycles. The third-order valence-electron chi connectivity index (χ3n) is 3.05. The Morgan fingerprint density at radius 1 is 1.25 bits per heavy atom. The van der Waals surface area contributed by atoms with Gasteiger partial charge in [0.25, 0.3) is 0 Å². The van der Waals surface area contributed by atoms with Crippen LogP contribution in [-0.2, 0) is 16.0 Å². The molecule has 0 aliphatic carbocycles. The van der Waals surface area contributed by atoms with E-state index in [1.807, 2.05) is 13.8 Å². The van der Waals surface area contributed by atoms with Gasteiger partial charge in [-0.05, 0) is 49.9 Å². The third kappa shape index (κ3) is 5.21. The van der Waals surface area contributed by atoms with Gasteiger partial charge < -0.3 is 15.2 Å². The van der Waals surface area contributed by atoms with Crippen molar-refractivity contribution in [2.75, 3.05) is 19.8 Å². The Hall–Kier alpha value is -1.55. The molecule has 0 radical (unpaired) electrons. The Bertz CT molecular complexity index is 420. The van der Waals surface area contributed by atoms with Gasteiger partial charge in [0.2, 0.25) is 0 Å². The Morgan fingerprint density at radius 2 is 1.90 bits per heavy atom. The van der Waals surface area contributed by atoms with Crippen LogP contribution >= 0.6 is 0 Å². The largest absolute Gasteiger partial charge is 0.481 e. The first-order valence-corrected chi connectivity index (χ1v) is 7.17. The van der Waals surface area contributed by atoms with E-state index in [2.05, 4.69) is 19.1 Å². The highest BCUT2D eigenvalue weighted by molar-refractivity contribution is 5.71. The topological polar surface area (TPSA) is 61.5 Å². The van der Waals surface area contributed by atoms with Gasteiger partial charge in [-0.15, -0.1) is 0 Å². The molecule has 0 aromatic heterocycles. The molecule has 1 aromatic carbocycles. The van der Waals surface area contributed by atoms with Gasteiger partial charge in [0.15, 0.2) is 6.61 Å². The number of unbranched alkanes of at least 4 members (excludes halogenated alkanes) is 1. The minimum atomic E-state index is -0.316. The summed E-state index contributed by atoms with van der Waals surface area (Å²) < 4.78 is 10.7. The highest BCUT2D eigenvalue weighted by Crippen LogP contribution is 2.25. The van der Waals surface area contributed by atoms with Crippen LogP contribution in [0.4, 0.5) is 0 Å². The zero-order valence-electron chi connectivity index (χ0n) is 12.7. The lowest BCUT2D eigenvalue weighted by atomic mass is 10.0. The van der Waals surface area contributed by atoms with Crippen LogP contribution < -0.4 is 10.5 Å². The monoisotopic (exact) mass is 279 g/mol. The summed E-state index contributed by atoms with van der Waals surface area (Å²) in [4.78, 5) is 11.5. The normalized spacial score (nSPS) is 10.4. The van der Waals surface area contributed by atoms with Crippen LogP contribution in [0.2, 0.25) is 0 Å². The Morgan fingerprint density at radius 3 is 2.45 bits per heavy atom. The predicted molar refractivity (Wildman–Crippen MR) is 80.0 cm³/mol. The Balaban J connectivity index is 2.57. The van der Waals surface area contributed by atoms with E-state index in [1.54, 1.807) is 0 Å². The summed E-state index contributed by atoms with van der Waals surface area (Å²) in [7, 11) is 0. The fourth-order valence-electron chi connectivity index (χ4n) is 2.08. The SMILES string of the molecule is CCCCOC(=O)COc1c(C)cc(CCN)cc1C. The molecule has 0 spiro atoms. The number of hydrogen-bond acceptors (Lipinski definition) is 4. The fraction of sp³-hybridized carbons (Fsp3) is 0.562. The summed E-state index contributed by atoms with van der Waals surface area (Å²) in [6, 6.07) is 4.11. The summed E-state index contributed by atoms with van der Waals surface area (Å²) in [5, 5.41) is 0. The molecule has 0 unspecified atom stereocenters. The number of benzene rings is 1. The van der Waals surface area contributed by atoms with Gasteiger partial charge in [-0.3, -0.25) is 0 Å². The van der Waals surface area contributed by atoms with Crippen molar-refractivity contribution >= 4 is 5.97 Å². The maximum atomic E-state index is 11.5. The second-order valence-electron chi connectivity index (χ2n) is 4.96. The molecule has 4 nitrogen and oxygen atoms in total. The van der Waals surface area contributed by atoms with Crippen molar-refractivity contribution in [2.45, 2.75) is 40.0 Å². The smallest absolute Gasteiger partial charge is 0.344 e. The molecule has 0 fully saturated rings. The maximum absolute atomic E-state index is 11.5. The lowest BCUT2D eigenvalue weighted by Crippen LogP contribution is -2.16. The molecule has 4 heteroatoms. The molecule has 2 N–H and O–H groups in total. The van der Waals surface area contributed by atoms with Gasteiger partial charge in [0, 0.05) is 0 Å². The molecule has 20 heavy (non-hydrogen) atoms. The molecular formula is C16H25NO3. The summed E-state index contributed by atoms with van der Waals surface area (Å²) >= 11 is 0. The average molecular weight is 279 g/mol. The van der Waals surface area contributed by atoms with Crippen LogP contribution in [0.1, 0.15) is 36.5 Å². The molecular weight excluding hydrogens is 254 g/mol. The summed E-state index contributed by atoms with van der Waals surface area (Å²) in [6.07, 6.45) is 2.74. The molecule has 0 bridgehead atoms. The van der Waals surface area contributed by atoms with Crippen molar-refractivity contribution in [1.29, 1.82) is 0 Å². The quantitative estimate of drug-likeness (QED) is 0.587. The van der Waals surface area contributed by atoms with E-state index in [0.29, 0.717) is 13.2 Å². The number of carbonyl (C=O) groups excluding carboxylic acids is 1. The van der Waals surface area contributed by atoms with Gasteiger partial charge in [0.1, 0.15) is 5.75 Å². The van der Waals surface area contributed by atoms with Crippen LogP contribution in [0.15, 0.2) is 12.1 Å². The van der Waals surface area contributed by atoms with Crippen molar-refractivity contribution in [3.8, 4) is 5.75 Å². The summed E-state index contributed by atoms with van der Waals surface area (Å²) in [5.41, 5.74) is 8.80. The van der Waals surface area contributed by atoms with E-state index in [4.69, 9.17) is 15.2 Å². The second kappa shape index (κ2) is 8.59. The van der Waals surface area contributed by atoms with Crippen LogP contribution in [0.25, 0.3) is 0 Å². The number of rotatable bonds is 8. The van der Waals surface area contributed by atoms with E-state index in [-0.39, 0.29) is 12.6 Å². The molecule has 0 heterocycles. The number of aryl methyl sites for hydroxylation is 2. The highest BCUT2D eigenvalue weighted by atomic mass is 16.6. The van der Waals surface area contributed by atoms with Crippen molar-refractivity contribution < 1.29 is 14.3 Å². The van der Waals surface area contributed by atoms with Crippen LogP contribution in [-0.4, -0.2) is 25.7 Å². The van der Waals surface area contributed by atoms with Crippen LogP contribution in [0.5, 0.6) is 5.75 Å². The summed E-state index contributed by atoms with van der Waals surface area (Å²) in [5.74, 6) is 0.446. The van der Waals surface area contributed by atoms with E-state index in [1.165, 1.54) is 5.56 Å². The molecule has 1 rings (SSSR count). The molecule has 0 amide bonds. The number of esters is 1. The first-order valence-electron chi connectivity index (χ1n) is 7.17. The highest BCUT2D eigenvalue weighted by Gasteiger charge is 2.09. The Labute approximate surface area is 121 Å². The third-order valence-corrected chi connectivity index (χ3v) is 3.05. The Kier molecular flexibility index (Phi) is 7.09. The molecule has 0 aliphatic rings. The zero-order valence-corrected chi connectivity index (χ0v) is 12.7. The van der Waals surface area contributed by atoms with Gasteiger partial charge in [-0.1, -0.05) is 25.5 Å². The second-order valence-corrected chi connectivity index (χ2v) is 4.96. The van der Waals surface area contributed by atoms with Crippen LogP contribution in [0, 0.1) is 13.8 Å². The van der Waals surface area contributed by atoms with Gasteiger partial charge in [-0.2, -0.15) is 0 Å². The first kappa shape index (κ1) is 16.5. The predicted octanol–water partition coefficient (Wildman–Crippen LogP) is 2.53. The van der Waals surface area contributed by atoms with E-state index >= 15 is 0 Å². The van der Waals surface area contributed by atoms with Crippen LogP contribution in [0.3, 0.4) is 0 Å². The number of ether oxygens (including phenoxy) is 2. The van der Waals surface area contributed by atoms with Gasteiger partial charge in [0.05, 0.1) is 6.61 Å². The standard InChI is InChI=1S/C16H25NO3/c1-4-5-8-19-15(18)11-20-16-12(2)9-14(6-7-17)10-13(16)3/h9-10H,4-8,11,17H2,1-3H3. The molecule has 0 atom stereocenters.